The number of nitrogens with zero attached hydrogens (tertiary/aromatic N) is 2. The van der Waals surface area contributed by atoms with Crippen LogP contribution < -0.4 is 0 Å². The number of likely N-dealkylation sites (N-methyl/N-ethyl adjacent to an activating group) is 1. The van der Waals surface area contributed by atoms with Crippen LogP contribution in [0.3, 0.4) is 0 Å². The summed E-state index contributed by atoms with van der Waals surface area (Å²) in [6.45, 7) is 0.636. The van der Waals surface area contributed by atoms with Crippen LogP contribution in [-0.4, -0.2) is 53.7 Å². The highest BCUT2D eigenvalue weighted by Gasteiger charge is 2.39. The Morgan fingerprint density at radius 1 is 1.33 bits per heavy atom. The molecule has 2 atom stereocenters. The normalized spacial score (nSPS) is 21.2. The molecular weight excluding hydrogens is 288 g/mol. The molecule has 0 radical (unpaired) electrons. The van der Waals surface area contributed by atoms with Crippen LogP contribution in [0.2, 0.25) is 0 Å². The van der Waals surface area contributed by atoms with Gasteiger partial charge in [-0.1, -0.05) is 30.3 Å². The van der Waals surface area contributed by atoms with E-state index in [-0.39, 0.29) is 17.8 Å². The Morgan fingerprint density at radius 3 is 2.62 bits per heavy atom. The molecule has 1 aromatic carbocycles. The highest BCUT2D eigenvalue weighted by atomic mass is 32.1. The predicted molar refractivity (Wildman–Crippen MR) is 83.2 cm³/mol. The molecule has 114 valence electrons. The fourth-order valence-electron chi connectivity index (χ4n) is 2.35. The first-order valence-corrected chi connectivity index (χ1v) is 7.37. The molecule has 1 aromatic rings. The van der Waals surface area contributed by atoms with Crippen LogP contribution in [0.1, 0.15) is 12.0 Å². The summed E-state index contributed by atoms with van der Waals surface area (Å²) in [5.41, 5.74) is 0.919. The molecular formula is C15H20N2O3S. The van der Waals surface area contributed by atoms with E-state index in [0.717, 1.165) is 5.56 Å². The van der Waals surface area contributed by atoms with Gasteiger partial charge in [-0.2, -0.15) is 12.6 Å². The van der Waals surface area contributed by atoms with Crippen LogP contribution in [0, 0.1) is 0 Å². The van der Waals surface area contributed by atoms with E-state index < -0.39 is 12.1 Å². The maximum Gasteiger partial charge on any atom is 0.410 e. The Kier molecular flexibility index (Phi) is 5.12. The van der Waals surface area contributed by atoms with Gasteiger partial charge in [0.15, 0.2) is 0 Å². The van der Waals surface area contributed by atoms with Crippen molar-refractivity contribution < 1.29 is 14.3 Å². The Balaban J connectivity index is 1.98. The molecule has 5 nitrogen and oxygen atoms in total. The van der Waals surface area contributed by atoms with E-state index in [9.17, 15) is 9.59 Å². The van der Waals surface area contributed by atoms with Gasteiger partial charge < -0.3 is 9.64 Å². The highest BCUT2D eigenvalue weighted by molar-refractivity contribution is 7.81. The standard InChI is InChI=1S/C15H20N2O3S/c1-16(2)14(18)13-8-12(21)9-17(13)15(19)20-10-11-6-4-3-5-7-11/h3-7,12-13,21H,8-10H2,1-2H3/t12-,13-/m0/s1. The molecule has 6 heteroatoms. The van der Waals surface area contributed by atoms with Crippen molar-refractivity contribution in [3.63, 3.8) is 0 Å². The second-order valence-electron chi connectivity index (χ2n) is 5.33. The van der Waals surface area contributed by atoms with Crippen molar-refractivity contribution in [1.29, 1.82) is 0 Å². The number of likely N-dealkylation sites (tertiary alicyclic amines) is 1. The molecule has 1 aliphatic heterocycles. The fraction of sp³-hybridized carbons (Fsp3) is 0.467. The SMILES string of the molecule is CN(C)C(=O)[C@@H]1C[C@H](S)CN1C(=O)OCc1ccccc1. The van der Waals surface area contributed by atoms with E-state index >= 15 is 0 Å². The molecule has 0 N–H and O–H groups in total. The number of rotatable bonds is 3. The number of benzene rings is 1. The van der Waals surface area contributed by atoms with Gasteiger partial charge in [0.25, 0.3) is 0 Å². The molecule has 1 aliphatic rings. The lowest BCUT2D eigenvalue weighted by Crippen LogP contribution is -2.45. The zero-order valence-electron chi connectivity index (χ0n) is 12.2. The number of carbonyl (C=O) groups excluding carboxylic acids is 2. The van der Waals surface area contributed by atoms with E-state index in [1.54, 1.807) is 14.1 Å². The summed E-state index contributed by atoms with van der Waals surface area (Å²) in [6.07, 6.45) is 0.0937. The van der Waals surface area contributed by atoms with E-state index in [2.05, 4.69) is 12.6 Å². The largest absolute Gasteiger partial charge is 0.445 e. The number of thiol groups is 1. The van der Waals surface area contributed by atoms with Gasteiger partial charge in [0.1, 0.15) is 12.6 Å². The summed E-state index contributed by atoms with van der Waals surface area (Å²) in [6, 6.07) is 8.99. The van der Waals surface area contributed by atoms with Gasteiger partial charge in [-0.05, 0) is 12.0 Å². The van der Waals surface area contributed by atoms with Crippen molar-refractivity contribution in [3.8, 4) is 0 Å². The van der Waals surface area contributed by atoms with E-state index in [4.69, 9.17) is 4.74 Å². The predicted octanol–water partition coefficient (Wildman–Crippen LogP) is 1.78. The van der Waals surface area contributed by atoms with Crippen LogP contribution in [0.4, 0.5) is 4.79 Å². The molecule has 0 aromatic heterocycles. The average molecular weight is 308 g/mol. The molecule has 0 bridgehead atoms. The Hall–Kier alpha value is -1.69. The molecule has 2 amide bonds. The lowest BCUT2D eigenvalue weighted by molar-refractivity contribution is -0.133. The molecule has 1 saturated heterocycles. The maximum absolute atomic E-state index is 12.2. The number of ether oxygens (including phenoxy) is 1. The highest BCUT2D eigenvalue weighted by Crippen LogP contribution is 2.24. The van der Waals surface area contributed by atoms with Crippen molar-refractivity contribution in [2.75, 3.05) is 20.6 Å². The first-order chi connectivity index (χ1) is 9.99. The van der Waals surface area contributed by atoms with E-state index in [1.165, 1.54) is 9.80 Å². The molecule has 21 heavy (non-hydrogen) atoms. The van der Waals surface area contributed by atoms with Crippen molar-refractivity contribution in [2.24, 2.45) is 0 Å². The minimum Gasteiger partial charge on any atom is -0.445 e. The summed E-state index contributed by atoms with van der Waals surface area (Å²) in [5.74, 6) is -0.0942. The smallest absolute Gasteiger partial charge is 0.410 e. The monoisotopic (exact) mass is 308 g/mol. The van der Waals surface area contributed by atoms with Crippen LogP contribution in [0.5, 0.6) is 0 Å². The van der Waals surface area contributed by atoms with Gasteiger partial charge in [0.2, 0.25) is 5.91 Å². The van der Waals surface area contributed by atoms with Crippen LogP contribution in [0.25, 0.3) is 0 Å². The Bertz CT molecular complexity index is 507. The first-order valence-electron chi connectivity index (χ1n) is 6.85. The summed E-state index contributed by atoms with van der Waals surface area (Å²) < 4.78 is 5.30. The second kappa shape index (κ2) is 6.85. The maximum atomic E-state index is 12.2. The summed E-state index contributed by atoms with van der Waals surface area (Å²) in [7, 11) is 3.36. The van der Waals surface area contributed by atoms with E-state index in [1.807, 2.05) is 30.3 Å². The van der Waals surface area contributed by atoms with Gasteiger partial charge in [0.05, 0.1) is 0 Å². The lowest BCUT2D eigenvalue weighted by Gasteiger charge is -2.25. The van der Waals surface area contributed by atoms with Crippen molar-refractivity contribution in [2.45, 2.75) is 24.3 Å². The van der Waals surface area contributed by atoms with Gasteiger partial charge >= 0.3 is 6.09 Å². The lowest BCUT2D eigenvalue weighted by atomic mass is 10.2. The van der Waals surface area contributed by atoms with Crippen molar-refractivity contribution >= 4 is 24.6 Å². The zero-order chi connectivity index (χ0) is 15.4. The van der Waals surface area contributed by atoms with Crippen LogP contribution in [-0.2, 0) is 16.1 Å². The molecule has 0 spiro atoms. The van der Waals surface area contributed by atoms with Crippen molar-refractivity contribution in [1.82, 2.24) is 9.80 Å². The van der Waals surface area contributed by atoms with E-state index in [0.29, 0.717) is 13.0 Å². The van der Waals surface area contributed by atoms with Crippen molar-refractivity contribution in [3.05, 3.63) is 35.9 Å². The third-order valence-electron chi connectivity index (χ3n) is 3.44. The number of hydrogen-bond donors (Lipinski definition) is 1. The quantitative estimate of drug-likeness (QED) is 0.866. The molecule has 1 heterocycles. The molecule has 2 rings (SSSR count). The third-order valence-corrected chi connectivity index (χ3v) is 3.82. The summed E-state index contributed by atoms with van der Waals surface area (Å²) in [4.78, 5) is 27.3. The Labute approximate surface area is 130 Å². The minimum absolute atomic E-state index is 0.00294. The Morgan fingerprint density at radius 2 is 2.00 bits per heavy atom. The first kappa shape index (κ1) is 15.7. The third kappa shape index (κ3) is 3.91. The number of amides is 2. The topological polar surface area (TPSA) is 49.9 Å². The molecule has 1 fully saturated rings. The van der Waals surface area contributed by atoms with Gasteiger partial charge in [-0.15, -0.1) is 0 Å². The second-order valence-corrected chi connectivity index (χ2v) is 6.06. The number of hydrogen-bond acceptors (Lipinski definition) is 4. The fourth-order valence-corrected chi connectivity index (χ4v) is 2.73. The van der Waals surface area contributed by atoms with Gasteiger partial charge in [-0.3, -0.25) is 9.69 Å². The molecule has 0 saturated carbocycles. The van der Waals surface area contributed by atoms with Gasteiger partial charge in [-0.25, -0.2) is 4.79 Å². The van der Waals surface area contributed by atoms with Gasteiger partial charge in [0, 0.05) is 25.9 Å². The average Bonchev–Trinajstić information content (AvgIpc) is 2.87. The molecule has 0 aliphatic carbocycles. The number of carbonyl (C=O) groups is 2. The molecule has 0 unspecified atom stereocenters. The summed E-state index contributed by atoms with van der Waals surface area (Å²) in [5, 5.41) is 0.00294. The zero-order valence-corrected chi connectivity index (χ0v) is 13.1. The van der Waals surface area contributed by atoms with Crippen LogP contribution in [0.15, 0.2) is 30.3 Å². The minimum atomic E-state index is -0.481. The van der Waals surface area contributed by atoms with Crippen LogP contribution >= 0.6 is 12.6 Å². The summed E-state index contributed by atoms with van der Waals surface area (Å²) >= 11 is 4.39.